The average molecular weight is 360 g/mol. The molecule has 0 unspecified atom stereocenters. The van der Waals surface area contributed by atoms with Crippen molar-refractivity contribution in [3.8, 4) is 0 Å². The van der Waals surface area contributed by atoms with Crippen molar-refractivity contribution in [1.82, 2.24) is 4.90 Å². The Labute approximate surface area is 153 Å². The number of carbonyl (C=O) groups is 1. The number of methoxy groups -OCH3 is 2. The van der Waals surface area contributed by atoms with Gasteiger partial charge >= 0.3 is 5.97 Å². The molecule has 1 rings (SSSR count). The third kappa shape index (κ3) is 7.60. The molecule has 148 valence electrons. The van der Waals surface area contributed by atoms with Crippen molar-refractivity contribution >= 4 is 5.97 Å². The maximum absolute atomic E-state index is 11.6. The summed E-state index contributed by atoms with van der Waals surface area (Å²) in [6, 6.07) is 0. The average Bonchev–Trinajstić information content (AvgIpc) is 2.51. The summed E-state index contributed by atoms with van der Waals surface area (Å²) in [5.41, 5.74) is -0.0147. The number of nitrogens with zero attached hydrogens (tertiary/aromatic N) is 1. The Hall–Kier alpha value is -0.690. The zero-order valence-electron chi connectivity index (χ0n) is 16.9. The van der Waals surface area contributed by atoms with Crippen LogP contribution in [0.25, 0.3) is 0 Å². The highest BCUT2D eigenvalue weighted by molar-refractivity contribution is 5.69. The van der Waals surface area contributed by atoms with Crippen LogP contribution in [0.15, 0.2) is 0 Å². The van der Waals surface area contributed by atoms with Crippen LogP contribution in [0.1, 0.15) is 53.4 Å². The zero-order valence-corrected chi connectivity index (χ0v) is 16.9. The Balaban J connectivity index is 2.50. The van der Waals surface area contributed by atoms with E-state index in [9.17, 15) is 4.79 Å². The van der Waals surface area contributed by atoms with E-state index < -0.39 is 0 Å². The van der Waals surface area contributed by atoms with E-state index in [2.05, 4.69) is 32.6 Å². The van der Waals surface area contributed by atoms with Crippen LogP contribution in [0.3, 0.4) is 0 Å². The number of hydrogen-bond acceptors (Lipinski definition) is 6. The highest BCUT2D eigenvalue weighted by Crippen LogP contribution is 2.39. The molecule has 0 amide bonds. The highest BCUT2D eigenvalue weighted by atomic mass is 16.5. The number of rotatable bonds is 11. The number of piperidine rings is 1. The summed E-state index contributed by atoms with van der Waals surface area (Å²) < 4.78 is 21.4. The summed E-state index contributed by atoms with van der Waals surface area (Å²) in [5.74, 6) is -0.200. The fraction of sp³-hybridized carbons (Fsp3) is 0.947. The van der Waals surface area contributed by atoms with Gasteiger partial charge in [0.1, 0.15) is 6.61 Å². The van der Waals surface area contributed by atoms with E-state index in [1.165, 1.54) is 0 Å². The first-order valence-corrected chi connectivity index (χ1v) is 9.26. The molecule has 0 aromatic heterocycles. The van der Waals surface area contributed by atoms with Gasteiger partial charge in [-0.25, -0.2) is 0 Å². The topological polar surface area (TPSA) is 57.2 Å². The zero-order chi connectivity index (χ0) is 18.9. The fourth-order valence-corrected chi connectivity index (χ4v) is 3.91. The molecule has 1 saturated heterocycles. The highest BCUT2D eigenvalue weighted by Gasteiger charge is 2.45. The first-order chi connectivity index (χ1) is 11.7. The molecule has 1 heterocycles. The third-order valence-corrected chi connectivity index (χ3v) is 4.85. The summed E-state index contributed by atoms with van der Waals surface area (Å²) in [4.78, 5) is 14.1. The van der Waals surface area contributed by atoms with E-state index >= 15 is 0 Å². The Kier molecular flexibility index (Phi) is 9.35. The summed E-state index contributed by atoms with van der Waals surface area (Å²) in [6.07, 6.45) is 3.43. The number of carbonyl (C=O) groups excluding carboxylic acids is 1. The van der Waals surface area contributed by atoms with Crippen molar-refractivity contribution in [3.05, 3.63) is 0 Å². The molecule has 25 heavy (non-hydrogen) atoms. The predicted molar refractivity (Wildman–Crippen MR) is 97.8 cm³/mol. The van der Waals surface area contributed by atoms with Gasteiger partial charge in [0, 0.05) is 45.1 Å². The number of ether oxygens (including phenoxy) is 4. The Morgan fingerprint density at radius 2 is 1.56 bits per heavy atom. The molecule has 0 aromatic carbocycles. The van der Waals surface area contributed by atoms with Gasteiger partial charge in [-0.1, -0.05) is 0 Å². The molecule has 1 fully saturated rings. The maximum atomic E-state index is 11.6. The van der Waals surface area contributed by atoms with Gasteiger partial charge in [0.05, 0.1) is 19.1 Å². The van der Waals surface area contributed by atoms with Crippen LogP contribution in [0.2, 0.25) is 0 Å². The minimum Gasteiger partial charge on any atom is -0.464 e. The second kappa shape index (κ2) is 10.5. The predicted octanol–water partition coefficient (Wildman–Crippen LogP) is 2.64. The first kappa shape index (κ1) is 22.4. The largest absolute Gasteiger partial charge is 0.464 e. The first-order valence-electron chi connectivity index (χ1n) is 9.26. The van der Waals surface area contributed by atoms with Gasteiger partial charge in [-0.3, -0.25) is 9.69 Å². The smallest absolute Gasteiger partial charge is 0.308 e. The number of esters is 1. The maximum Gasteiger partial charge on any atom is 0.308 e. The van der Waals surface area contributed by atoms with Crippen LogP contribution < -0.4 is 0 Å². The number of hydrogen-bond donors (Lipinski definition) is 0. The Morgan fingerprint density at radius 3 is 2.12 bits per heavy atom. The van der Waals surface area contributed by atoms with Gasteiger partial charge in [-0.05, 0) is 47.0 Å². The van der Waals surface area contributed by atoms with Crippen molar-refractivity contribution < 1.29 is 23.7 Å². The van der Waals surface area contributed by atoms with Gasteiger partial charge < -0.3 is 18.9 Å². The van der Waals surface area contributed by atoms with Crippen molar-refractivity contribution in [2.24, 2.45) is 0 Å². The van der Waals surface area contributed by atoms with E-state index in [0.29, 0.717) is 19.6 Å². The van der Waals surface area contributed by atoms with Gasteiger partial charge in [-0.2, -0.15) is 0 Å². The van der Waals surface area contributed by atoms with E-state index in [4.69, 9.17) is 18.9 Å². The summed E-state index contributed by atoms with van der Waals surface area (Å²) in [6.45, 7) is 12.0. The molecule has 6 nitrogen and oxygen atoms in total. The van der Waals surface area contributed by atoms with Crippen LogP contribution in [-0.2, 0) is 23.7 Å². The van der Waals surface area contributed by atoms with E-state index in [0.717, 1.165) is 39.0 Å². The second-order valence-electron chi connectivity index (χ2n) is 7.99. The van der Waals surface area contributed by atoms with Gasteiger partial charge in [-0.15, -0.1) is 0 Å². The number of likely N-dealkylation sites (tertiary alicyclic amines) is 1. The Bertz CT molecular complexity index is 379. The van der Waals surface area contributed by atoms with Crippen molar-refractivity contribution in [3.63, 3.8) is 0 Å². The van der Waals surface area contributed by atoms with Gasteiger partial charge in [0.15, 0.2) is 0 Å². The lowest BCUT2D eigenvalue weighted by atomic mass is 9.78. The SMILES string of the molecule is COCCCOC1CC(C)(C)N(CCOC(=O)CCOC)C(C)(C)C1. The minimum absolute atomic E-state index is 0.00733. The molecule has 0 spiro atoms. The van der Waals surface area contributed by atoms with Crippen molar-refractivity contribution in [2.45, 2.75) is 70.6 Å². The standard InChI is InChI=1S/C19H37NO5/c1-18(2)14-16(24-11-7-10-22-5)15-19(3,4)20(18)9-13-25-17(21)8-12-23-6/h16H,7-15H2,1-6H3. The summed E-state index contributed by atoms with van der Waals surface area (Å²) in [7, 11) is 3.30. The molecule has 0 bridgehead atoms. The molecule has 1 aliphatic heterocycles. The van der Waals surface area contributed by atoms with Crippen molar-refractivity contribution in [2.75, 3.05) is 47.2 Å². The second-order valence-corrected chi connectivity index (χ2v) is 7.99. The Morgan fingerprint density at radius 1 is 0.960 bits per heavy atom. The van der Waals surface area contributed by atoms with Gasteiger partial charge in [0.2, 0.25) is 0 Å². The van der Waals surface area contributed by atoms with Gasteiger partial charge in [0.25, 0.3) is 0 Å². The summed E-state index contributed by atoms with van der Waals surface area (Å²) in [5, 5.41) is 0. The molecular formula is C19H37NO5. The van der Waals surface area contributed by atoms with Crippen LogP contribution in [0.5, 0.6) is 0 Å². The van der Waals surface area contributed by atoms with E-state index in [-0.39, 0.29) is 23.2 Å². The third-order valence-electron chi connectivity index (χ3n) is 4.85. The minimum atomic E-state index is -0.200. The molecule has 0 atom stereocenters. The fourth-order valence-electron chi connectivity index (χ4n) is 3.91. The summed E-state index contributed by atoms with van der Waals surface area (Å²) >= 11 is 0. The quantitative estimate of drug-likeness (QED) is 0.417. The molecule has 0 N–H and O–H groups in total. The lowest BCUT2D eigenvalue weighted by Gasteiger charge is -2.55. The van der Waals surface area contributed by atoms with Crippen LogP contribution >= 0.6 is 0 Å². The molecule has 6 heteroatoms. The normalized spacial score (nSPS) is 20.6. The van der Waals surface area contributed by atoms with Crippen LogP contribution in [-0.4, -0.2) is 75.2 Å². The van der Waals surface area contributed by atoms with E-state index in [1.807, 2.05) is 0 Å². The molecule has 0 aliphatic carbocycles. The molecular weight excluding hydrogens is 322 g/mol. The lowest BCUT2D eigenvalue weighted by Crippen LogP contribution is -2.62. The van der Waals surface area contributed by atoms with Crippen molar-refractivity contribution in [1.29, 1.82) is 0 Å². The van der Waals surface area contributed by atoms with Crippen LogP contribution in [0, 0.1) is 0 Å². The molecule has 0 saturated carbocycles. The monoisotopic (exact) mass is 359 g/mol. The molecule has 1 aliphatic rings. The van der Waals surface area contributed by atoms with Crippen LogP contribution in [0.4, 0.5) is 0 Å². The molecule has 0 radical (unpaired) electrons. The van der Waals surface area contributed by atoms with E-state index in [1.54, 1.807) is 14.2 Å². The lowest BCUT2D eigenvalue weighted by molar-refractivity contribution is -0.149. The molecule has 0 aromatic rings.